The molecule has 0 radical (unpaired) electrons. The first-order valence-electron chi connectivity index (χ1n) is 12.3. The smallest absolute Gasteiger partial charge is 0.287 e. The summed E-state index contributed by atoms with van der Waals surface area (Å²) in [5.74, 6) is -2.10. The van der Waals surface area contributed by atoms with Gasteiger partial charge in [0.25, 0.3) is 5.91 Å². The van der Waals surface area contributed by atoms with Crippen molar-refractivity contribution >= 4 is 35.1 Å². The molecule has 1 saturated heterocycles. The average Bonchev–Trinajstić information content (AvgIpc) is 3.19. The Hall–Kier alpha value is -2.72. The zero-order valence-corrected chi connectivity index (χ0v) is 22.0. The van der Waals surface area contributed by atoms with Crippen LogP contribution in [0, 0.1) is 11.3 Å². The number of ether oxygens (including phenoxy) is 1. The monoisotopic (exact) mass is 521 g/mol. The number of nitrogens with one attached hydrogen (secondary N) is 2. The topological polar surface area (TPSA) is 144 Å². The summed E-state index contributed by atoms with van der Waals surface area (Å²) in [5.41, 5.74) is 4.83. The highest BCUT2D eigenvalue weighted by molar-refractivity contribution is 6.37. The minimum Gasteiger partial charge on any atom is -0.472 e. The Balaban J connectivity index is 1.82. The van der Waals surface area contributed by atoms with E-state index in [2.05, 4.69) is 15.6 Å². The van der Waals surface area contributed by atoms with Gasteiger partial charge in [-0.05, 0) is 30.9 Å². The molecule has 3 unspecified atom stereocenters. The quantitative estimate of drug-likeness (QED) is 0.395. The lowest BCUT2D eigenvalue weighted by Crippen LogP contribution is -2.57. The van der Waals surface area contributed by atoms with Crippen molar-refractivity contribution in [3.05, 3.63) is 23.4 Å². The number of nitrogens with two attached hydrogens (primary N) is 1. The van der Waals surface area contributed by atoms with Crippen molar-refractivity contribution < 1.29 is 23.9 Å². The molecule has 1 aliphatic heterocycles. The van der Waals surface area contributed by atoms with Gasteiger partial charge in [-0.2, -0.15) is 0 Å². The summed E-state index contributed by atoms with van der Waals surface area (Å²) in [6.07, 6.45) is 4.42. The van der Waals surface area contributed by atoms with E-state index in [1.807, 2.05) is 20.8 Å². The summed E-state index contributed by atoms with van der Waals surface area (Å²) in [4.78, 5) is 56.8. The second-order valence-electron chi connectivity index (χ2n) is 10.7. The number of hydrogen-bond donors (Lipinski definition) is 3. The highest BCUT2D eigenvalue weighted by Crippen LogP contribution is 2.31. The maximum atomic E-state index is 13.6. The molecule has 4 N–H and O–H groups in total. The molecule has 11 heteroatoms. The van der Waals surface area contributed by atoms with Crippen LogP contribution < -0.4 is 21.1 Å². The Morgan fingerprint density at radius 2 is 1.94 bits per heavy atom. The highest BCUT2D eigenvalue weighted by Gasteiger charge is 2.45. The summed E-state index contributed by atoms with van der Waals surface area (Å²) in [7, 11) is 1.70. The minimum absolute atomic E-state index is 0.159. The number of primary amides is 1. The number of nitrogens with zero attached hydrogens (tertiary/aromatic N) is 2. The Bertz CT molecular complexity index is 976. The van der Waals surface area contributed by atoms with E-state index >= 15 is 0 Å². The average molecular weight is 522 g/mol. The van der Waals surface area contributed by atoms with E-state index in [-0.39, 0.29) is 24.8 Å². The molecular weight excluding hydrogens is 486 g/mol. The van der Waals surface area contributed by atoms with Gasteiger partial charge < -0.3 is 26.0 Å². The molecule has 36 heavy (non-hydrogen) atoms. The Kier molecular flexibility index (Phi) is 8.94. The number of pyridine rings is 1. The van der Waals surface area contributed by atoms with Crippen molar-refractivity contribution in [2.75, 3.05) is 13.6 Å². The Morgan fingerprint density at radius 3 is 2.44 bits per heavy atom. The van der Waals surface area contributed by atoms with Gasteiger partial charge in [-0.25, -0.2) is 4.98 Å². The number of aromatic nitrogens is 1. The molecule has 2 aliphatic rings. The number of likely N-dealkylation sites (tertiary alicyclic amines) is 1. The van der Waals surface area contributed by atoms with E-state index in [9.17, 15) is 19.2 Å². The molecule has 1 saturated carbocycles. The van der Waals surface area contributed by atoms with Gasteiger partial charge in [-0.1, -0.05) is 51.6 Å². The summed E-state index contributed by atoms with van der Waals surface area (Å²) >= 11 is 5.91. The molecule has 4 atom stereocenters. The predicted molar refractivity (Wildman–Crippen MR) is 134 cm³/mol. The molecule has 2 fully saturated rings. The summed E-state index contributed by atoms with van der Waals surface area (Å²) in [6, 6.07) is 0.796. The van der Waals surface area contributed by atoms with Gasteiger partial charge in [-0.15, -0.1) is 0 Å². The molecule has 3 amide bonds. The number of likely N-dealkylation sites (N-methyl/N-ethyl adjacent to an activating group) is 1. The van der Waals surface area contributed by atoms with Crippen LogP contribution in [-0.2, 0) is 19.2 Å². The number of hydrogen-bond acceptors (Lipinski definition) is 7. The normalized spacial score (nSPS) is 21.9. The summed E-state index contributed by atoms with van der Waals surface area (Å²) < 4.78 is 5.97. The first kappa shape index (κ1) is 27.9. The number of ketones is 1. The van der Waals surface area contributed by atoms with Crippen molar-refractivity contribution in [1.82, 2.24) is 20.5 Å². The van der Waals surface area contributed by atoms with Crippen molar-refractivity contribution in [3.8, 4) is 5.88 Å². The molecule has 10 nitrogen and oxygen atoms in total. The van der Waals surface area contributed by atoms with Crippen molar-refractivity contribution in [2.45, 2.75) is 77.1 Å². The number of carbonyl (C=O) groups is 4. The van der Waals surface area contributed by atoms with Crippen molar-refractivity contribution in [1.29, 1.82) is 0 Å². The second kappa shape index (κ2) is 11.6. The van der Waals surface area contributed by atoms with E-state index in [0.29, 0.717) is 17.3 Å². The van der Waals surface area contributed by atoms with Crippen LogP contribution in [-0.4, -0.2) is 71.2 Å². The van der Waals surface area contributed by atoms with Gasteiger partial charge in [0.2, 0.25) is 23.5 Å². The molecule has 3 rings (SSSR count). The third-order valence-electron chi connectivity index (χ3n) is 6.91. The fourth-order valence-corrected chi connectivity index (χ4v) is 4.92. The first-order valence-corrected chi connectivity index (χ1v) is 12.7. The van der Waals surface area contributed by atoms with Crippen molar-refractivity contribution in [2.24, 2.45) is 17.1 Å². The fourth-order valence-electron chi connectivity index (χ4n) is 4.80. The third kappa shape index (κ3) is 6.73. The lowest BCUT2D eigenvalue weighted by atomic mass is 9.80. The molecule has 1 aromatic rings. The predicted octanol–water partition coefficient (Wildman–Crippen LogP) is 1.45. The third-order valence-corrected chi connectivity index (χ3v) is 7.13. The van der Waals surface area contributed by atoms with Gasteiger partial charge in [0.15, 0.2) is 0 Å². The van der Waals surface area contributed by atoms with E-state index in [0.717, 1.165) is 19.3 Å². The summed E-state index contributed by atoms with van der Waals surface area (Å²) in [5, 5.41) is 6.24. The van der Waals surface area contributed by atoms with E-state index < -0.39 is 47.2 Å². The van der Waals surface area contributed by atoms with Crippen LogP contribution >= 0.6 is 11.6 Å². The standard InChI is InChI=1S/C25H36ClN5O5/c1-25(2,3)21(28-4)24(35)31-13-16(36-19-9-8-15(26)12-29-19)11-18(31)23(34)30-17(20(32)22(27)33)10-14-6-5-7-14/h8-9,12,14,16-18,21,28H,5-7,10-11,13H2,1-4H3,(H2,27,33)(H,30,34)/t16?,17?,18?,21-/m0/s1. The molecule has 0 spiro atoms. The Labute approximate surface area is 216 Å². The van der Waals surface area contributed by atoms with E-state index in [1.54, 1.807) is 19.2 Å². The SMILES string of the molecule is CN[C@@H](C(=O)N1CC(Oc2ccc(Cl)cn2)CC1C(=O)NC(CC1CCC1)C(=O)C(N)=O)C(C)(C)C. The van der Waals surface area contributed by atoms with Crippen LogP contribution in [0.5, 0.6) is 5.88 Å². The fraction of sp³-hybridized carbons (Fsp3) is 0.640. The van der Waals surface area contributed by atoms with Crippen LogP contribution in [0.2, 0.25) is 5.02 Å². The van der Waals surface area contributed by atoms with E-state index in [4.69, 9.17) is 22.1 Å². The molecule has 0 bridgehead atoms. The van der Waals surface area contributed by atoms with Crippen LogP contribution in [0.1, 0.15) is 52.9 Å². The highest BCUT2D eigenvalue weighted by atomic mass is 35.5. The zero-order chi connectivity index (χ0) is 26.6. The second-order valence-corrected chi connectivity index (χ2v) is 11.1. The zero-order valence-electron chi connectivity index (χ0n) is 21.3. The number of halogens is 1. The number of carbonyl (C=O) groups excluding carboxylic acids is 4. The lowest BCUT2D eigenvalue weighted by Gasteiger charge is -2.35. The maximum absolute atomic E-state index is 13.6. The van der Waals surface area contributed by atoms with Crippen molar-refractivity contribution in [3.63, 3.8) is 0 Å². The van der Waals surface area contributed by atoms with Crippen LogP contribution in [0.3, 0.4) is 0 Å². The molecule has 1 aromatic heterocycles. The van der Waals surface area contributed by atoms with Gasteiger partial charge >= 0.3 is 0 Å². The maximum Gasteiger partial charge on any atom is 0.287 e. The van der Waals surface area contributed by atoms with Gasteiger partial charge in [0.1, 0.15) is 12.1 Å². The number of Topliss-reactive ketones (excluding diaryl/α,β-unsaturated/α-hetero) is 1. The van der Waals surface area contributed by atoms with Gasteiger partial charge in [0.05, 0.1) is 23.7 Å². The first-order chi connectivity index (χ1) is 16.9. The van der Waals surface area contributed by atoms with Crippen LogP contribution in [0.25, 0.3) is 0 Å². The number of rotatable bonds is 10. The summed E-state index contributed by atoms with van der Waals surface area (Å²) in [6.45, 7) is 5.96. The van der Waals surface area contributed by atoms with Crippen LogP contribution in [0.4, 0.5) is 0 Å². The molecule has 1 aliphatic carbocycles. The number of amides is 3. The minimum atomic E-state index is -1.09. The van der Waals surface area contributed by atoms with Crippen LogP contribution in [0.15, 0.2) is 18.3 Å². The molecule has 198 valence electrons. The Morgan fingerprint density at radius 1 is 1.25 bits per heavy atom. The lowest BCUT2D eigenvalue weighted by molar-refractivity contribution is -0.143. The largest absolute Gasteiger partial charge is 0.472 e. The molecule has 2 heterocycles. The van der Waals surface area contributed by atoms with Gasteiger partial charge in [0, 0.05) is 18.7 Å². The van der Waals surface area contributed by atoms with E-state index in [1.165, 1.54) is 11.1 Å². The van der Waals surface area contributed by atoms with Gasteiger partial charge in [-0.3, -0.25) is 19.2 Å². The molecule has 0 aromatic carbocycles. The molecular formula is C25H36ClN5O5.